The summed E-state index contributed by atoms with van der Waals surface area (Å²) in [5.41, 5.74) is 8.58. The average molecular weight is 803 g/mol. The number of ketones is 2. The lowest BCUT2D eigenvalue weighted by Gasteiger charge is -2.70. The minimum atomic E-state index is -0.708. The molecule has 0 aromatic heterocycles. The number of nitrogens with zero attached hydrogens (tertiary/aromatic N) is 2. The highest BCUT2D eigenvalue weighted by Gasteiger charge is 2.73. The van der Waals surface area contributed by atoms with E-state index in [4.69, 9.17) is 9.73 Å². The molecule has 4 saturated carbocycles. The topological polar surface area (TPSA) is 103 Å². The number of aryl methyl sites for hydroxylation is 1. The van der Waals surface area contributed by atoms with Crippen LogP contribution in [0.2, 0.25) is 0 Å². The summed E-state index contributed by atoms with van der Waals surface area (Å²) in [4.78, 5) is 36.5. The fourth-order valence-electron chi connectivity index (χ4n) is 16.0. The zero-order valence-corrected chi connectivity index (χ0v) is 37.5. The number of rotatable bonds is 6. The highest BCUT2D eigenvalue weighted by Crippen LogP contribution is 2.75. The smallest absolute Gasteiger partial charge is 0.160 e. The van der Waals surface area contributed by atoms with Gasteiger partial charge in [-0.1, -0.05) is 78.1 Å². The number of aliphatic hydroxyl groups is 2. The van der Waals surface area contributed by atoms with Crippen molar-refractivity contribution in [3.05, 3.63) is 68.6 Å². The Morgan fingerprint density at radius 2 is 1.68 bits per heavy atom. The molecule has 10 rings (SSSR count). The van der Waals surface area contributed by atoms with E-state index in [0.29, 0.717) is 43.9 Å². The van der Waals surface area contributed by atoms with Crippen LogP contribution in [0.5, 0.6) is 0 Å². The molecule has 59 heavy (non-hydrogen) atoms. The summed E-state index contributed by atoms with van der Waals surface area (Å²) in [7, 11) is 0. The number of carbonyl (C=O) groups is 2. The van der Waals surface area contributed by atoms with Crippen LogP contribution in [0.25, 0.3) is 0 Å². The van der Waals surface area contributed by atoms with Gasteiger partial charge in [0, 0.05) is 54.5 Å². The maximum atomic E-state index is 15.2. The Morgan fingerprint density at radius 1 is 0.949 bits per heavy atom. The minimum Gasteiger partial charge on any atom is -0.392 e. The van der Waals surface area contributed by atoms with Crippen molar-refractivity contribution in [2.75, 3.05) is 13.1 Å². The number of benzene rings is 1. The Kier molecular flexibility index (Phi) is 8.92. The number of aliphatic hydroxyl groups excluding tert-OH is 2. The van der Waals surface area contributed by atoms with E-state index < -0.39 is 28.5 Å². The number of carbonyl (C=O) groups excluding carboxylic acids is 2. The van der Waals surface area contributed by atoms with Gasteiger partial charge >= 0.3 is 0 Å². The van der Waals surface area contributed by atoms with Crippen LogP contribution in [0.3, 0.4) is 0 Å². The zero-order chi connectivity index (χ0) is 41.8. The SMILES string of the molecule is Cc1cc(CC2=C3N=CC4=C3N(C2)C[C@@H]2C3=C(C(=O)C[C@]3(C)[C@@]3(C)CC[C@H]5C(C)(C)C(=O)CC[C@]5(C)[C@@H]3[C@@H]2O)[C@](C)(C[C@@H](O)[C@@H]2OC2(C)C)CC4)cc(C2CCCC2)c1. The largest absolute Gasteiger partial charge is 0.392 e. The van der Waals surface area contributed by atoms with Crippen LogP contribution in [0.1, 0.15) is 155 Å². The fraction of sp³-hybridized carbons (Fsp3) is 0.712. The van der Waals surface area contributed by atoms with Gasteiger partial charge in [0.05, 0.1) is 29.2 Å². The van der Waals surface area contributed by atoms with E-state index in [9.17, 15) is 15.0 Å². The second-order valence-electron chi connectivity index (χ2n) is 23.3. The van der Waals surface area contributed by atoms with Crippen molar-refractivity contribution in [3.63, 3.8) is 0 Å². The first kappa shape index (κ1) is 40.2. The van der Waals surface area contributed by atoms with Gasteiger partial charge in [-0.3, -0.25) is 14.6 Å². The molecule has 10 atom stereocenters. The number of allylic oxidation sites excluding steroid dienone is 2. The zero-order valence-electron chi connectivity index (χ0n) is 37.5. The van der Waals surface area contributed by atoms with Crippen molar-refractivity contribution in [1.29, 1.82) is 0 Å². The Hall–Kier alpha value is -2.87. The number of aliphatic imine (C=N–C) groups is 1. The lowest BCUT2D eigenvalue weighted by atomic mass is 9.34. The van der Waals surface area contributed by atoms with E-state index in [0.717, 1.165) is 49.9 Å². The van der Waals surface area contributed by atoms with Crippen molar-refractivity contribution >= 4 is 17.8 Å². The minimum absolute atomic E-state index is 0.0726. The number of hydrogen-bond donors (Lipinski definition) is 2. The van der Waals surface area contributed by atoms with Gasteiger partial charge in [0.25, 0.3) is 0 Å². The number of hydrogen-bond acceptors (Lipinski definition) is 7. The van der Waals surface area contributed by atoms with Crippen molar-refractivity contribution in [2.45, 2.75) is 176 Å². The van der Waals surface area contributed by atoms with Crippen molar-refractivity contribution in [3.8, 4) is 0 Å². The van der Waals surface area contributed by atoms with Crippen LogP contribution >= 0.6 is 0 Å². The molecule has 318 valence electrons. The molecule has 2 N–H and O–H groups in total. The summed E-state index contributed by atoms with van der Waals surface area (Å²) in [5, 5.41) is 25.4. The molecule has 4 heterocycles. The van der Waals surface area contributed by atoms with E-state index in [1.165, 1.54) is 64.8 Å². The predicted molar refractivity (Wildman–Crippen MR) is 232 cm³/mol. The second-order valence-corrected chi connectivity index (χ2v) is 23.3. The lowest BCUT2D eigenvalue weighted by Crippen LogP contribution is -2.68. The van der Waals surface area contributed by atoms with Gasteiger partial charge < -0.3 is 19.8 Å². The van der Waals surface area contributed by atoms with Crippen LogP contribution in [0.4, 0.5) is 0 Å². The maximum absolute atomic E-state index is 15.2. The van der Waals surface area contributed by atoms with Gasteiger partial charge in [-0.15, -0.1) is 0 Å². The number of fused-ring (bicyclic) bond motifs is 4. The molecule has 1 aromatic carbocycles. The monoisotopic (exact) mass is 803 g/mol. The van der Waals surface area contributed by atoms with Gasteiger partial charge in [0.15, 0.2) is 5.78 Å². The predicted octanol–water partition coefficient (Wildman–Crippen LogP) is 9.53. The first-order valence-corrected chi connectivity index (χ1v) is 23.4. The van der Waals surface area contributed by atoms with Crippen molar-refractivity contribution < 1.29 is 24.5 Å². The first-order chi connectivity index (χ1) is 27.7. The van der Waals surface area contributed by atoms with E-state index in [2.05, 4.69) is 77.8 Å². The normalized spacial score (nSPS) is 41.3. The molecule has 4 aliphatic heterocycles. The summed E-state index contributed by atoms with van der Waals surface area (Å²) in [6.07, 6.45) is 11.9. The van der Waals surface area contributed by atoms with E-state index >= 15 is 4.79 Å². The molecule has 5 fully saturated rings. The fourth-order valence-corrected chi connectivity index (χ4v) is 16.0. The second kappa shape index (κ2) is 13.1. The molecule has 7 heteroatoms. The highest BCUT2D eigenvalue weighted by atomic mass is 16.6. The van der Waals surface area contributed by atoms with Gasteiger partial charge in [0.2, 0.25) is 0 Å². The molecule has 9 aliphatic rings. The van der Waals surface area contributed by atoms with Crippen LogP contribution in [0.15, 0.2) is 56.9 Å². The molecule has 7 nitrogen and oxygen atoms in total. The highest BCUT2D eigenvalue weighted by molar-refractivity contribution is 6.02. The molecule has 1 aromatic rings. The van der Waals surface area contributed by atoms with Gasteiger partial charge in [-0.25, -0.2) is 0 Å². The van der Waals surface area contributed by atoms with Crippen molar-refractivity contribution in [1.82, 2.24) is 4.90 Å². The summed E-state index contributed by atoms with van der Waals surface area (Å²) in [5.74, 6) is 1.03. The molecule has 0 unspecified atom stereocenters. The summed E-state index contributed by atoms with van der Waals surface area (Å²) >= 11 is 0. The Balaban J connectivity index is 1.10. The molecule has 1 saturated heterocycles. The van der Waals surface area contributed by atoms with Crippen LogP contribution in [-0.4, -0.2) is 69.9 Å². The third-order valence-corrected chi connectivity index (χ3v) is 19.0. The number of Topliss-reactive ketones (excluding diaryl/α,β-unsaturated/α-hetero) is 2. The van der Waals surface area contributed by atoms with Crippen LogP contribution in [0, 0.1) is 51.8 Å². The maximum Gasteiger partial charge on any atom is 0.160 e. The number of epoxide rings is 1. The molecule has 0 amide bonds. The molecule has 5 aliphatic carbocycles. The van der Waals surface area contributed by atoms with E-state index in [1.807, 2.05) is 13.8 Å². The average Bonchev–Trinajstić information content (AvgIpc) is 3.69. The molecule has 0 spiro atoms. The summed E-state index contributed by atoms with van der Waals surface area (Å²) < 4.78 is 6.03. The first-order valence-electron chi connectivity index (χ1n) is 23.4. The third kappa shape index (κ3) is 5.71. The third-order valence-electron chi connectivity index (χ3n) is 19.0. The van der Waals surface area contributed by atoms with Crippen molar-refractivity contribution in [2.24, 2.45) is 49.8 Å². The lowest BCUT2D eigenvalue weighted by molar-refractivity contribution is -0.219. The Bertz CT molecular complexity index is 2150. The standard InChI is InChI=1S/C52H70N2O5/c1-29-20-30(22-33(21-29)31-12-10-11-13-31)23-34-27-54-28-35-40-41(49(6,24-37(56)46-48(4,5)59-46)17-14-32-26-53-42(34)43(32)54)36(55)25-52(40,9)51(8)19-15-38-47(2,3)39(57)16-18-50(38,7)45(51)44(35)58/h20-22,26,31,35,37-38,44-46,56,58H,10-19,23-25,27-28H2,1-9H3/t35-,37-,38+,44-,45+,46+,49+,50+,51+,52+/m1/s1. The van der Waals surface area contributed by atoms with Crippen LogP contribution < -0.4 is 0 Å². The molecule has 0 radical (unpaired) electrons. The van der Waals surface area contributed by atoms with E-state index in [-0.39, 0.29) is 46.1 Å². The molecular weight excluding hydrogens is 733 g/mol. The van der Waals surface area contributed by atoms with Crippen LogP contribution in [-0.2, 0) is 20.7 Å². The molecule has 0 bridgehead atoms. The Labute approximate surface area is 353 Å². The molecular formula is C52H70N2O5. The summed E-state index contributed by atoms with van der Waals surface area (Å²) in [6, 6.07) is 7.23. The number of ether oxygens (including phenoxy) is 1. The quantitative estimate of drug-likeness (QED) is 0.278. The summed E-state index contributed by atoms with van der Waals surface area (Å²) in [6.45, 7) is 21.4. The van der Waals surface area contributed by atoms with Gasteiger partial charge in [0.1, 0.15) is 11.9 Å². The Morgan fingerprint density at radius 3 is 2.39 bits per heavy atom. The van der Waals surface area contributed by atoms with Gasteiger partial charge in [-0.2, -0.15) is 0 Å². The van der Waals surface area contributed by atoms with Gasteiger partial charge in [-0.05, 0) is 140 Å². The van der Waals surface area contributed by atoms with E-state index in [1.54, 1.807) is 0 Å².